The molecule has 0 radical (unpaired) electrons. The first kappa shape index (κ1) is 20.4. The molecule has 1 aliphatic carbocycles. The van der Waals surface area contributed by atoms with Gasteiger partial charge in [0.05, 0.1) is 24.3 Å². The Morgan fingerprint density at radius 3 is 2.73 bits per heavy atom. The lowest BCUT2D eigenvalue weighted by Crippen LogP contribution is -2.34. The van der Waals surface area contributed by atoms with E-state index in [9.17, 15) is 9.59 Å². The van der Waals surface area contributed by atoms with Crippen molar-refractivity contribution < 1.29 is 19.1 Å². The van der Waals surface area contributed by atoms with Crippen LogP contribution in [0.3, 0.4) is 0 Å². The first-order valence-electron chi connectivity index (χ1n) is 10.4. The van der Waals surface area contributed by atoms with E-state index >= 15 is 0 Å². The first-order valence-corrected chi connectivity index (χ1v) is 10.4. The molecule has 2 aliphatic rings. The third-order valence-electron chi connectivity index (χ3n) is 5.77. The van der Waals surface area contributed by atoms with Crippen LogP contribution in [0.5, 0.6) is 11.5 Å². The number of amides is 1. The van der Waals surface area contributed by atoms with E-state index < -0.39 is 5.91 Å². The molecular formula is C22H28N4O4. The lowest BCUT2D eigenvalue weighted by molar-refractivity contribution is -0.135. The van der Waals surface area contributed by atoms with Gasteiger partial charge in [0.1, 0.15) is 0 Å². The minimum Gasteiger partial charge on any atom is -0.493 e. The van der Waals surface area contributed by atoms with Crippen molar-refractivity contribution in [2.45, 2.75) is 38.1 Å². The summed E-state index contributed by atoms with van der Waals surface area (Å²) in [5.74, 6) is 0.626. The molecule has 1 aliphatic heterocycles. The van der Waals surface area contributed by atoms with Crippen molar-refractivity contribution in [1.82, 2.24) is 14.7 Å². The van der Waals surface area contributed by atoms with Gasteiger partial charge in [-0.05, 0) is 49.9 Å². The van der Waals surface area contributed by atoms with E-state index in [0.717, 1.165) is 56.6 Å². The molecule has 2 fully saturated rings. The molecule has 1 aromatic heterocycles. The third-order valence-corrected chi connectivity index (χ3v) is 5.77. The van der Waals surface area contributed by atoms with E-state index in [4.69, 9.17) is 15.2 Å². The monoisotopic (exact) mass is 412 g/mol. The molecule has 30 heavy (non-hydrogen) atoms. The van der Waals surface area contributed by atoms with E-state index in [2.05, 4.69) is 10.00 Å². The average molecular weight is 412 g/mol. The topological polar surface area (TPSA) is 99.7 Å². The van der Waals surface area contributed by atoms with Gasteiger partial charge in [-0.1, -0.05) is 6.07 Å². The molecule has 1 saturated heterocycles. The van der Waals surface area contributed by atoms with E-state index in [-0.39, 0.29) is 17.8 Å². The van der Waals surface area contributed by atoms with Crippen LogP contribution in [0.4, 0.5) is 0 Å². The summed E-state index contributed by atoms with van der Waals surface area (Å²) >= 11 is 0. The highest BCUT2D eigenvalue weighted by Gasteiger charge is 2.32. The number of likely N-dealkylation sites (tertiary alicyclic amines) is 1. The van der Waals surface area contributed by atoms with Crippen molar-refractivity contribution >= 4 is 11.9 Å². The number of nitrogens with two attached hydrogens (primary N) is 1. The number of ether oxygens (including phenoxy) is 2. The predicted octanol–water partition coefficient (Wildman–Crippen LogP) is 2.22. The van der Waals surface area contributed by atoms with E-state index in [1.54, 1.807) is 31.1 Å². The number of piperidine rings is 1. The number of hydrogen-bond acceptors (Lipinski definition) is 6. The Morgan fingerprint density at radius 2 is 2.03 bits per heavy atom. The maximum absolute atomic E-state index is 12.0. The first-order chi connectivity index (χ1) is 14.4. The Bertz CT molecular complexity index is 951. The Kier molecular flexibility index (Phi) is 5.76. The van der Waals surface area contributed by atoms with Gasteiger partial charge in [-0.25, -0.2) is 0 Å². The molecule has 0 spiro atoms. The summed E-state index contributed by atoms with van der Waals surface area (Å²) in [7, 11) is 3.39. The number of carbonyl (C=O) groups is 2. The van der Waals surface area contributed by atoms with Gasteiger partial charge in [-0.3, -0.25) is 19.2 Å². The van der Waals surface area contributed by atoms with Crippen molar-refractivity contribution in [3.63, 3.8) is 0 Å². The van der Waals surface area contributed by atoms with Crippen LogP contribution in [0, 0.1) is 5.92 Å². The van der Waals surface area contributed by atoms with Crippen molar-refractivity contribution in [2.24, 2.45) is 18.7 Å². The van der Waals surface area contributed by atoms with Gasteiger partial charge < -0.3 is 15.2 Å². The molecule has 1 saturated carbocycles. The molecule has 160 valence electrons. The number of aromatic nitrogens is 2. The van der Waals surface area contributed by atoms with Crippen LogP contribution in [0.2, 0.25) is 0 Å². The lowest BCUT2D eigenvalue weighted by atomic mass is 9.92. The van der Waals surface area contributed by atoms with Crippen LogP contribution in [0.25, 0.3) is 0 Å². The Labute approximate surface area is 175 Å². The summed E-state index contributed by atoms with van der Waals surface area (Å²) < 4.78 is 12.6. The molecule has 1 amide bonds. The maximum Gasteiger partial charge on any atom is 0.314 e. The van der Waals surface area contributed by atoms with Crippen LogP contribution in [0.15, 0.2) is 24.4 Å². The molecule has 0 bridgehead atoms. The van der Waals surface area contributed by atoms with Gasteiger partial charge in [-0.15, -0.1) is 0 Å². The van der Waals surface area contributed by atoms with Crippen LogP contribution < -0.4 is 15.2 Å². The van der Waals surface area contributed by atoms with Crippen molar-refractivity contribution in [3.8, 4) is 11.5 Å². The van der Waals surface area contributed by atoms with Crippen LogP contribution >= 0.6 is 0 Å². The quantitative estimate of drug-likeness (QED) is 0.553. The summed E-state index contributed by atoms with van der Waals surface area (Å²) in [6.45, 7) is 2.51. The molecular weight excluding hydrogens is 384 g/mol. The number of aryl methyl sites for hydroxylation is 1. The van der Waals surface area contributed by atoms with E-state index in [1.165, 1.54) is 0 Å². The molecule has 4 rings (SSSR count). The highest BCUT2D eigenvalue weighted by molar-refractivity contribution is 5.93. The molecule has 2 aromatic rings. The number of nitrogens with zero attached hydrogens (tertiary/aromatic N) is 3. The molecule has 2 N–H and O–H groups in total. The molecule has 8 heteroatoms. The summed E-state index contributed by atoms with van der Waals surface area (Å²) in [5, 5.41) is 4.50. The molecule has 1 aromatic carbocycles. The molecule has 1 unspecified atom stereocenters. The minimum atomic E-state index is -0.434. The fraction of sp³-hybridized carbons (Fsp3) is 0.500. The Balaban J connectivity index is 1.45. The zero-order valence-electron chi connectivity index (χ0n) is 17.5. The number of carbonyl (C=O) groups excluding carboxylic acids is 2. The largest absolute Gasteiger partial charge is 0.493 e. The second-order valence-corrected chi connectivity index (χ2v) is 8.22. The number of hydrogen-bond donors (Lipinski definition) is 1. The second kappa shape index (κ2) is 8.47. The third kappa shape index (κ3) is 4.48. The van der Waals surface area contributed by atoms with Crippen LogP contribution in [0.1, 0.15) is 53.2 Å². The van der Waals surface area contributed by atoms with Gasteiger partial charge in [0.25, 0.3) is 5.91 Å². The highest BCUT2D eigenvalue weighted by atomic mass is 16.6. The smallest absolute Gasteiger partial charge is 0.314 e. The van der Waals surface area contributed by atoms with Gasteiger partial charge >= 0.3 is 5.97 Å². The highest BCUT2D eigenvalue weighted by Crippen LogP contribution is 2.35. The molecule has 2 heterocycles. The van der Waals surface area contributed by atoms with Gasteiger partial charge in [0, 0.05) is 32.3 Å². The lowest BCUT2D eigenvalue weighted by Gasteiger charge is -2.32. The molecule has 1 atom stereocenters. The molecule has 8 nitrogen and oxygen atoms in total. The van der Waals surface area contributed by atoms with Crippen molar-refractivity contribution in [2.75, 3.05) is 20.2 Å². The number of rotatable bonds is 7. The summed E-state index contributed by atoms with van der Waals surface area (Å²) in [6, 6.07) is 5.70. The van der Waals surface area contributed by atoms with E-state index in [0.29, 0.717) is 17.1 Å². The fourth-order valence-electron chi connectivity index (χ4n) is 4.08. The number of esters is 1. The minimum absolute atomic E-state index is 0.0385. The van der Waals surface area contributed by atoms with Gasteiger partial charge in [0.2, 0.25) is 0 Å². The summed E-state index contributed by atoms with van der Waals surface area (Å²) in [5.41, 5.74) is 7.91. The van der Waals surface area contributed by atoms with Gasteiger partial charge in [-0.2, -0.15) is 5.10 Å². The normalized spacial score (nSPS) is 19.5. The maximum atomic E-state index is 12.0. The number of methoxy groups -OCH3 is 1. The van der Waals surface area contributed by atoms with Crippen molar-refractivity contribution in [1.29, 1.82) is 0 Å². The number of benzene rings is 1. The predicted molar refractivity (Wildman–Crippen MR) is 110 cm³/mol. The zero-order chi connectivity index (χ0) is 21.3. The zero-order valence-corrected chi connectivity index (χ0v) is 17.5. The SMILES string of the molecule is COc1cc(CN2CCCC(c3nn(C)cc3C(N)=O)C2)ccc1OC(=O)C1CC1. The van der Waals surface area contributed by atoms with Crippen molar-refractivity contribution in [3.05, 3.63) is 41.2 Å². The Hall–Kier alpha value is -2.87. The fourth-order valence-corrected chi connectivity index (χ4v) is 4.08. The van der Waals surface area contributed by atoms with Gasteiger partial charge in [0.15, 0.2) is 11.5 Å². The second-order valence-electron chi connectivity index (χ2n) is 8.22. The Morgan fingerprint density at radius 1 is 1.23 bits per heavy atom. The average Bonchev–Trinajstić information content (AvgIpc) is 3.50. The van der Waals surface area contributed by atoms with E-state index in [1.807, 2.05) is 12.1 Å². The number of primary amides is 1. The standard InChI is InChI=1S/C22H28N4O4/c1-25-13-17(21(23)27)20(24-25)16-4-3-9-26(12-16)11-14-5-8-18(19(10-14)29-2)30-22(28)15-6-7-15/h5,8,10,13,15-16H,3-4,6-7,9,11-12H2,1-2H3,(H2,23,27). The summed E-state index contributed by atoms with van der Waals surface area (Å²) in [6.07, 6.45) is 5.51. The van der Waals surface area contributed by atoms with Crippen LogP contribution in [-0.2, 0) is 18.4 Å². The van der Waals surface area contributed by atoms with Crippen LogP contribution in [-0.4, -0.2) is 46.8 Å². The summed E-state index contributed by atoms with van der Waals surface area (Å²) in [4.78, 5) is 26.1.